The van der Waals surface area contributed by atoms with Gasteiger partial charge in [0.2, 0.25) is 0 Å². The fourth-order valence-corrected chi connectivity index (χ4v) is 2.59. The Balaban J connectivity index is 2.20. The van der Waals surface area contributed by atoms with Crippen molar-refractivity contribution < 1.29 is 38.4 Å². The fraction of sp³-hybridized carbons (Fsp3) is 0.529. The van der Waals surface area contributed by atoms with Crippen LogP contribution in [0.5, 0.6) is 0 Å². The number of hydrogen-bond donors (Lipinski definition) is 1. The second-order valence-corrected chi connectivity index (χ2v) is 5.51. The number of methoxy groups -OCH3 is 2. The molecule has 1 aliphatic heterocycles. The van der Waals surface area contributed by atoms with Gasteiger partial charge in [0.1, 0.15) is 12.2 Å². The van der Waals surface area contributed by atoms with Crippen molar-refractivity contribution in [1.29, 1.82) is 0 Å². The third-order valence-corrected chi connectivity index (χ3v) is 3.77. The van der Waals surface area contributed by atoms with E-state index < -0.39 is 42.6 Å². The molecular weight excluding hydrogens is 332 g/mol. The summed E-state index contributed by atoms with van der Waals surface area (Å²) >= 11 is 0. The minimum Gasteiger partial charge on any atom is -0.467 e. The minimum atomic E-state index is -1.46. The van der Waals surface area contributed by atoms with E-state index in [1.807, 2.05) is 30.3 Å². The Labute approximate surface area is 145 Å². The van der Waals surface area contributed by atoms with E-state index in [-0.39, 0.29) is 6.61 Å². The van der Waals surface area contributed by atoms with Crippen molar-refractivity contribution in [2.75, 3.05) is 14.2 Å². The van der Waals surface area contributed by atoms with E-state index >= 15 is 0 Å². The molecule has 1 saturated heterocycles. The highest BCUT2D eigenvalue weighted by Crippen LogP contribution is 2.28. The van der Waals surface area contributed by atoms with Crippen LogP contribution >= 0.6 is 0 Å². The summed E-state index contributed by atoms with van der Waals surface area (Å²) in [6.45, 7) is 1.38. The van der Waals surface area contributed by atoms with Gasteiger partial charge in [0, 0.05) is 14.0 Å². The van der Waals surface area contributed by atoms with Crippen LogP contribution in [0.15, 0.2) is 30.3 Å². The van der Waals surface area contributed by atoms with Gasteiger partial charge in [-0.15, -0.1) is 0 Å². The molecule has 0 aliphatic carbocycles. The Morgan fingerprint density at radius 2 is 1.84 bits per heavy atom. The summed E-state index contributed by atoms with van der Waals surface area (Å²) in [7, 11) is 2.53. The molecule has 0 bridgehead atoms. The third-order valence-electron chi connectivity index (χ3n) is 3.77. The van der Waals surface area contributed by atoms with Crippen molar-refractivity contribution in [3.8, 4) is 0 Å². The second kappa shape index (κ2) is 8.91. The SMILES string of the molecule is COC(=O)[C@@H]1O[C@@H](OC)[C@H](OCc2ccccc2)[C@@H](OC(C)=O)[C@@H]1O. The highest BCUT2D eigenvalue weighted by atomic mass is 16.7. The second-order valence-electron chi connectivity index (χ2n) is 5.51. The number of aliphatic hydroxyl groups excluding tert-OH is 1. The Hall–Kier alpha value is -2.00. The van der Waals surface area contributed by atoms with Crippen LogP contribution in [0.4, 0.5) is 0 Å². The summed E-state index contributed by atoms with van der Waals surface area (Å²) in [6.07, 6.45) is -5.91. The summed E-state index contributed by atoms with van der Waals surface area (Å²) in [6, 6.07) is 9.31. The molecule has 1 N–H and O–H groups in total. The van der Waals surface area contributed by atoms with Crippen LogP contribution in [0.25, 0.3) is 0 Å². The minimum absolute atomic E-state index is 0.183. The van der Waals surface area contributed by atoms with E-state index in [9.17, 15) is 14.7 Å². The van der Waals surface area contributed by atoms with Gasteiger partial charge in [-0.05, 0) is 5.56 Å². The normalized spacial score (nSPS) is 29.0. The zero-order valence-corrected chi connectivity index (χ0v) is 14.3. The maximum absolute atomic E-state index is 11.8. The molecule has 1 heterocycles. The van der Waals surface area contributed by atoms with Gasteiger partial charge >= 0.3 is 11.9 Å². The monoisotopic (exact) mass is 354 g/mol. The van der Waals surface area contributed by atoms with Gasteiger partial charge in [-0.1, -0.05) is 30.3 Å². The number of rotatable bonds is 6. The molecule has 8 nitrogen and oxygen atoms in total. The number of ether oxygens (including phenoxy) is 5. The maximum atomic E-state index is 11.8. The van der Waals surface area contributed by atoms with Crippen LogP contribution in [0.1, 0.15) is 12.5 Å². The number of aliphatic hydroxyl groups is 1. The highest BCUT2D eigenvalue weighted by molar-refractivity contribution is 5.75. The molecule has 2 rings (SSSR count). The van der Waals surface area contributed by atoms with Crippen LogP contribution in [0.3, 0.4) is 0 Å². The maximum Gasteiger partial charge on any atom is 0.337 e. The molecule has 0 aromatic heterocycles. The number of esters is 2. The van der Waals surface area contributed by atoms with Crippen molar-refractivity contribution in [3.05, 3.63) is 35.9 Å². The van der Waals surface area contributed by atoms with Gasteiger partial charge in [-0.2, -0.15) is 0 Å². The molecule has 0 radical (unpaired) electrons. The molecule has 0 amide bonds. The Kier molecular flexibility index (Phi) is 6.89. The van der Waals surface area contributed by atoms with Crippen molar-refractivity contribution in [2.24, 2.45) is 0 Å². The molecule has 0 spiro atoms. The predicted molar refractivity (Wildman–Crippen MR) is 84.3 cm³/mol. The summed E-state index contributed by atoms with van der Waals surface area (Å²) in [5.74, 6) is -1.43. The first-order chi connectivity index (χ1) is 12.0. The van der Waals surface area contributed by atoms with Crippen LogP contribution in [-0.2, 0) is 39.9 Å². The first-order valence-corrected chi connectivity index (χ1v) is 7.74. The predicted octanol–water partition coefficient (Wildman–Crippen LogP) is 0.409. The number of hydrogen-bond acceptors (Lipinski definition) is 8. The van der Waals surface area contributed by atoms with Crippen molar-refractivity contribution in [1.82, 2.24) is 0 Å². The Morgan fingerprint density at radius 3 is 2.40 bits per heavy atom. The molecule has 0 saturated carbocycles. The van der Waals surface area contributed by atoms with Crippen LogP contribution in [-0.4, -0.2) is 62.0 Å². The fourth-order valence-electron chi connectivity index (χ4n) is 2.59. The molecule has 8 heteroatoms. The molecule has 5 atom stereocenters. The lowest BCUT2D eigenvalue weighted by Crippen LogP contribution is -2.62. The lowest BCUT2D eigenvalue weighted by atomic mass is 9.98. The van der Waals surface area contributed by atoms with Crippen molar-refractivity contribution in [3.63, 3.8) is 0 Å². The van der Waals surface area contributed by atoms with Gasteiger partial charge in [0.05, 0.1) is 13.7 Å². The molecule has 1 aromatic rings. The molecule has 1 fully saturated rings. The lowest BCUT2D eigenvalue weighted by Gasteiger charge is -2.42. The molecule has 138 valence electrons. The molecule has 1 aromatic carbocycles. The van der Waals surface area contributed by atoms with Crippen molar-refractivity contribution >= 4 is 11.9 Å². The quantitative estimate of drug-likeness (QED) is 0.733. The van der Waals surface area contributed by atoms with Crippen LogP contribution in [0, 0.1) is 0 Å². The third kappa shape index (κ3) is 4.76. The van der Waals surface area contributed by atoms with E-state index in [0.717, 1.165) is 5.56 Å². The van der Waals surface area contributed by atoms with E-state index in [2.05, 4.69) is 4.74 Å². The zero-order chi connectivity index (χ0) is 18.4. The standard InChI is InChI=1S/C17H22O8/c1-10(18)24-13-12(19)14(16(20)21-2)25-17(22-3)15(13)23-9-11-7-5-4-6-8-11/h4-8,12-15,17,19H,9H2,1-3H3/t12-,13-,14+,15+,17+/m0/s1. The smallest absolute Gasteiger partial charge is 0.337 e. The Morgan fingerprint density at radius 1 is 1.16 bits per heavy atom. The number of benzene rings is 1. The molecule has 1 aliphatic rings. The largest absolute Gasteiger partial charge is 0.467 e. The first-order valence-electron chi connectivity index (χ1n) is 7.74. The summed E-state index contributed by atoms with van der Waals surface area (Å²) < 4.78 is 26.2. The number of carbonyl (C=O) groups is 2. The van der Waals surface area contributed by atoms with Gasteiger partial charge in [-0.3, -0.25) is 4.79 Å². The summed E-state index contributed by atoms with van der Waals surface area (Å²) in [5.41, 5.74) is 0.878. The van der Waals surface area contributed by atoms with Gasteiger partial charge in [0.25, 0.3) is 0 Å². The Bertz CT molecular complexity index is 575. The van der Waals surface area contributed by atoms with Gasteiger partial charge < -0.3 is 28.8 Å². The van der Waals surface area contributed by atoms with E-state index in [1.54, 1.807) is 0 Å². The highest BCUT2D eigenvalue weighted by Gasteiger charge is 2.51. The molecule has 25 heavy (non-hydrogen) atoms. The zero-order valence-electron chi connectivity index (χ0n) is 14.3. The van der Waals surface area contributed by atoms with Crippen LogP contribution < -0.4 is 0 Å². The van der Waals surface area contributed by atoms with E-state index in [1.165, 1.54) is 21.1 Å². The van der Waals surface area contributed by atoms with Gasteiger partial charge in [-0.25, -0.2) is 4.79 Å². The first kappa shape index (κ1) is 19.3. The molecule has 0 unspecified atom stereocenters. The van der Waals surface area contributed by atoms with E-state index in [4.69, 9.17) is 18.9 Å². The summed E-state index contributed by atoms with van der Waals surface area (Å²) in [5, 5.41) is 10.4. The summed E-state index contributed by atoms with van der Waals surface area (Å²) in [4.78, 5) is 23.2. The van der Waals surface area contributed by atoms with Crippen molar-refractivity contribution in [2.45, 2.75) is 44.2 Å². The number of carbonyl (C=O) groups excluding carboxylic acids is 2. The average molecular weight is 354 g/mol. The topological polar surface area (TPSA) is 101 Å². The van der Waals surface area contributed by atoms with E-state index in [0.29, 0.717) is 0 Å². The molecular formula is C17H22O8. The lowest BCUT2D eigenvalue weighted by molar-refractivity contribution is -0.301. The average Bonchev–Trinajstić information content (AvgIpc) is 2.62. The van der Waals surface area contributed by atoms with Gasteiger partial charge in [0.15, 0.2) is 18.5 Å². The van der Waals surface area contributed by atoms with Crippen LogP contribution in [0.2, 0.25) is 0 Å².